The monoisotopic (exact) mass is 631 g/mol. The molecule has 1 aliphatic heterocycles. The van der Waals surface area contributed by atoms with Gasteiger partial charge in [-0.05, 0) is 47.4 Å². The van der Waals surface area contributed by atoms with E-state index in [-0.39, 0.29) is 31.1 Å². The molecule has 1 aliphatic rings. The number of halogens is 1. The number of amides is 1. The lowest BCUT2D eigenvalue weighted by molar-refractivity contribution is -0.138. The molecule has 0 radical (unpaired) electrons. The predicted molar refractivity (Wildman–Crippen MR) is 177 cm³/mol. The Morgan fingerprint density at radius 1 is 0.933 bits per heavy atom. The van der Waals surface area contributed by atoms with Gasteiger partial charge >= 0.3 is 12.1 Å². The number of carboxylic acids is 1. The fourth-order valence-electron chi connectivity index (χ4n) is 5.94. The number of hydrogen-bond donors (Lipinski definition) is 4. The molecule has 45 heavy (non-hydrogen) atoms. The number of rotatable bonds is 13. The zero-order valence-corrected chi connectivity index (χ0v) is 26.4. The molecule has 4 rings (SSSR count). The Bertz CT molecular complexity index is 1430. The van der Waals surface area contributed by atoms with Gasteiger partial charge < -0.3 is 15.5 Å². The third kappa shape index (κ3) is 10.0. The van der Waals surface area contributed by atoms with Crippen LogP contribution in [0.25, 0.3) is 0 Å². The minimum atomic E-state index is -1.19. The summed E-state index contributed by atoms with van der Waals surface area (Å²) in [6.07, 6.45) is 0.0203. The van der Waals surface area contributed by atoms with Gasteiger partial charge in [0.25, 0.3) is 0 Å². The highest BCUT2D eigenvalue weighted by molar-refractivity contribution is 6.30. The molecule has 238 valence electrons. The second-order valence-electron chi connectivity index (χ2n) is 11.2. The lowest BCUT2D eigenvalue weighted by atomic mass is 9.95. The first kappa shape index (κ1) is 34.0. The van der Waals surface area contributed by atoms with Crippen molar-refractivity contribution in [1.82, 2.24) is 20.1 Å². The van der Waals surface area contributed by atoms with E-state index >= 15 is 0 Å². The molecule has 0 saturated carbocycles. The number of aliphatic carboxylic acids is 1. The number of benzene rings is 3. The molecule has 0 aromatic heterocycles. The van der Waals surface area contributed by atoms with E-state index in [4.69, 9.17) is 22.6 Å². The topological polar surface area (TPSA) is 122 Å². The van der Waals surface area contributed by atoms with Crippen LogP contribution >= 0.6 is 11.6 Å². The first-order chi connectivity index (χ1) is 21.7. The van der Waals surface area contributed by atoms with Crippen LogP contribution in [0.5, 0.6) is 0 Å². The third-order valence-electron chi connectivity index (χ3n) is 8.24. The second kappa shape index (κ2) is 17.0. The van der Waals surface area contributed by atoms with Crippen molar-refractivity contribution in [3.05, 3.63) is 106 Å². The highest BCUT2D eigenvalue weighted by atomic mass is 35.5. The van der Waals surface area contributed by atoms with Crippen molar-refractivity contribution in [2.75, 3.05) is 32.7 Å². The van der Waals surface area contributed by atoms with E-state index in [1.54, 1.807) is 0 Å². The normalized spacial score (nSPS) is 15.8. The second-order valence-corrected chi connectivity index (χ2v) is 11.7. The number of carboxylic acid groups (broad SMARTS) is 2. The maximum atomic E-state index is 11.9. The van der Waals surface area contributed by atoms with Gasteiger partial charge in [0.1, 0.15) is 0 Å². The van der Waals surface area contributed by atoms with Crippen molar-refractivity contribution in [2.45, 2.75) is 50.9 Å². The Kier molecular flexibility index (Phi) is 12.8. The van der Waals surface area contributed by atoms with Gasteiger partial charge in [0.2, 0.25) is 0 Å². The Morgan fingerprint density at radius 3 is 2.16 bits per heavy atom. The number of hydrazine groups is 1. The third-order valence-corrected chi connectivity index (χ3v) is 8.49. The van der Waals surface area contributed by atoms with Gasteiger partial charge in [-0.3, -0.25) is 14.6 Å². The van der Waals surface area contributed by atoms with Gasteiger partial charge in [-0.15, -0.1) is 0 Å². The van der Waals surface area contributed by atoms with Gasteiger partial charge in [0.15, 0.2) is 0 Å². The molecule has 1 amide bonds. The Morgan fingerprint density at radius 2 is 1.56 bits per heavy atom. The van der Waals surface area contributed by atoms with Crippen molar-refractivity contribution in [3.8, 4) is 11.8 Å². The fourth-order valence-corrected chi connectivity index (χ4v) is 6.07. The number of nitrogens with two attached hydrogens (primary N) is 1. The average molecular weight is 632 g/mol. The smallest absolute Gasteiger partial charge is 0.421 e. The molecule has 1 saturated heterocycles. The van der Waals surface area contributed by atoms with Crippen LogP contribution in [0.15, 0.2) is 78.9 Å². The summed E-state index contributed by atoms with van der Waals surface area (Å²) in [6.45, 7) is 6.21. The van der Waals surface area contributed by atoms with Crippen molar-refractivity contribution < 1.29 is 19.8 Å². The maximum Gasteiger partial charge on any atom is 0.421 e. The molecule has 10 heteroatoms. The van der Waals surface area contributed by atoms with E-state index in [2.05, 4.69) is 70.3 Å². The lowest BCUT2D eigenvalue weighted by Crippen LogP contribution is -2.57. The van der Waals surface area contributed by atoms with Crippen LogP contribution in [-0.4, -0.2) is 81.9 Å². The molecule has 3 atom stereocenters. The van der Waals surface area contributed by atoms with E-state index < -0.39 is 12.1 Å². The summed E-state index contributed by atoms with van der Waals surface area (Å²) in [5.74, 6) is 10.5. The first-order valence-electron chi connectivity index (χ1n) is 15.3. The minimum Gasteiger partial charge on any atom is -0.481 e. The van der Waals surface area contributed by atoms with Crippen LogP contribution in [0.3, 0.4) is 0 Å². The molecule has 0 bridgehead atoms. The SMILES string of the molecule is CCC(C(CC(=O)O)NCc1ccc(C#CCCN(N)C(=O)O)cc1)N1CCN(C(c2ccccc2)c2ccc(Cl)cc2)CC1. The van der Waals surface area contributed by atoms with Gasteiger partial charge in [0, 0.05) is 61.8 Å². The fraction of sp³-hybridized carbons (Fsp3) is 0.371. The van der Waals surface area contributed by atoms with E-state index in [1.807, 2.05) is 42.5 Å². The Balaban J connectivity index is 1.38. The molecule has 3 unspecified atom stereocenters. The zero-order valence-electron chi connectivity index (χ0n) is 25.6. The van der Waals surface area contributed by atoms with Crippen molar-refractivity contribution in [2.24, 2.45) is 5.84 Å². The summed E-state index contributed by atoms with van der Waals surface area (Å²) in [6, 6.07) is 26.4. The van der Waals surface area contributed by atoms with Crippen LogP contribution in [0.1, 0.15) is 54.5 Å². The van der Waals surface area contributed by atoms with Gasteiger partial charge in [-0.1, -0.05) is 85.0 Å². The van der Waals surface area contributed by atoms with Crippen LogP contribution in [-0.2, 0) is 11.3 Å². The summed E-state index contributed by atoms with van der Waals surface area (Å²) in [5, 5.41) is 23.6. The van der Waals surface area contributed by atoms with Gasteiger partial charge in [-0.25, -0.2) is 15.6 Å². The van der Waals surface area contributed by atoms with E-state index in [0.717, 1.165) is 48.7 Å². The summed E-state index contributed by atoms with van der Waals surface area (Å²) < 4.78 is 0. The first-order valence-corrected chi connectivity index (χ1v) is 15.7. The zero-order chi connectivity index (χ0) is 32.2. The highest BCUT2D eigenvalue weighted by Gasteiger charge is 2.33. The number of nitrogens with one attached hydrogen (secondary N) is 1. The molecule has 9 nitrogen and oxygen atoms in total. The maximum absolute atomic E-state index is 11.9. The lowest BCUT2D eigenvalue weighted by Gasteiger charge is -2.44. The summed E-state index contributed by atoms with van der Waals surface area (Å²) in [7, 11) is 0. The average Bonchev–Trinajstić information content (AvgIpc) is 3.04. The molecule has 1 fully saturated rings. The van der Waals surface area contributed by atoms with Crippen LogP contribution in [0.4, 0.5) is 4.79 Å². The molecule has 5 N–H and O–H groups in total. The van der Waals surface area contributed by atoms with Crippen LogP contribution in [0.2, 0.25) is 5.02 Å². The highest BCUT2D eigenvalue weighted by Crippen LogP contribution is 2.31. The molecule has 0 aliphatic carbocycles. The largest absolute Gasteiger partial charge is 0.481 e. The Hall–Kier alpha value is -3.91. The van der Waals surface area contributed by atoms with Crippen molar-refractivity contribution in [3.63, 3.8) is 0 Å². The van der Waals surface area contributed by atoms with E-state index in [0.29, 0.717) is 18.0 Å². The van der Waals surface area contributed by atoms with Crippen LogP contribution in [0, 0.1) is 11.8 Å². The van der Waals surface area contributed by atoms with Crippen molar-refractivity contribution in [1.29, 1.82) is 0 Å². The van der Waals surface area contributed by atoms with Gasteiger partial charge in [0.05, 0.1) is 19.0 Å². The quantitative estimate of drug-likeness (QED) is 0.0895. The Labute approximate surface area is 270 Å². The predicted octanol–water partition coefficient (Wildman–Crippen LogP) is 5.05. The molecular weight excluding hydrogens is 590 g/mol. The molecule has 1 heterocycles. The number of hydrogen-bond acceptors (Lipinski definition) is 6. The van der Waals surface area contributed by atoms with Crippen LogP contribution < -0.4 is 11.2 Å². The summed E-state index contributed by atoms with van der Waals surface area (Å²) >= 11 is 6.20. The number of piperazine rings is 1. The van der Waals surface area contributed by atoms with E-state index in [1.165, 1.54) is 11.1 Å². The summed E-state index contributed by atoms with van der Waals surface area (Å²) in [5.41, 5.74) is 4.29. The minimum absolute atomic E-state index is 0.0359. The number of nitrogens with zero attached hydrogens (tertiary/aromatic N) is 3. The van der Waals surface area contributed by atoms with Crippen molar-refractivity contribution >= 4 is 23.7 Å². The molecular formula is C35H42ClN5O4. The standard InChI is InChI=1S/C35H42ClN5O4/c1-2-32(31(24-33(42)43)38-25-27-13-11-26(12-14-27)8-6-7-19-41(37)35(44)45)39-20-22-40(23-21-39)34(28-9-4-3-5-10-28)29-15-17-30(36)18-16-29/h3-5,9-18,31-32,34,38H,2,7,19-25,37H2,1H3,(H,42,43)(H,44,45). The van der Waals surface area contributed by atoms with E-state index in [9.17, 15) is 14.7 Å². The molecule has 3 aromatic carbocycles. The summed E-state index contributed by atoms with van der Waals surface area (Å²) in [4.78, 5) is 27.6. The van der Waals surface area contributed by atoms with Gasteiger partial charge in [-0.2, -0.15) is 0 Å². The molecule has 0 spiro atoms. The molecule has 3 aromatic rings. The number of carbonyl (C=O) groups is 2.